The van der Waals surface area contributed by atoms with Crippen LogP contribution in [0.3, 0.4) is 0 Å². The van der Waals surface area contributed by atoms with Gasteiger partial charge in [-0.3, -0.25) is 0 Å². The van der Waals surface area contributed by atoms with E-state index in [0.29, 0.717) is 6.54 Å². The minimum Gasteiger partial charge on any atom is -0.508 e. The van der Waals surface area contributed by atoms with Crippen LogP contribution in [0.5, 0.6) is 5.75 Å². The lowest BCUT2D eigenvalue weighted by atomic mass is 10.0. The molecular formula is C14H23NO3S. The van der Waals surface area contributed by atoms with Gasteiger partial charge in [-0.05, 0) is 39.3 Å². The fourth-order valence-corrected chi connectivity index (χ4v) is 2.01. The molecule has 0 amide bonds. The van der Waals surface area contributed by atoms with E-state index in [0.717, 1.165) is 11.1 Å². The van der Waals surface area contributed by atoms with Gasteiger partial charge in [0.1, 0.15) is 5.75 Å². The van der Waals surface area contributed by atoms with Crippen LogP contribution in [0.2, 0.25) is 0 Å². The van der Waals surface area contributed by atoms with E-state index in [1.54, 1.807) is 19.9 Å². The van der Waals surface area contributed by atoms with Gasteiger partial charge in [0.2, 0.25) is 0 Å². The summed E-state index contributed by atoms with van der Waals surface area (Å²) in [5, 5.41) is 13.1. The summed E-state index contributed by atoms with van der Waals surface area (Å²) in [6, 6.07) is 5.38. The van der Waals surface area contributed by atoms with E-state index < -0.39 is 14.6 Å². The van der Waals surface area contributed by atoms with Crippen LogP contribution >= 0.6 is 0 Å². The van der Waals surface area contributed by atoms with Crippen LogP contribution in [0.15, 0.2) is 18.2 Å². The fourth-order valence-electron chi connectivity index (χ4n) is 1.66. The number of phenols is 1. The topological polar surface area (TPSA) is 66.4 Å². The van der Waals surface area contributed by atoms with Crippen molar-refractivity contribution < 1.29 is 13.5 Å². The Bertz CT molecular complexity index is 550. The van der Waals surface area contributed by atoms with Crippen molar-refractivity contribution in [2.45, 2.75) is 38.5 Å². The van der Waals surface area contributed by atoms with Gasteiger partial charge in [0.25, 0.3) is 0 Å². The molecule has 108 valence electrons. The minimum absolute atomic E-state index is 0.110. The van der Waals surface area contributed by atoms with Gasteiger partial charge in [0.15, 0.2) is 9.84 Å². The van der Waals surface area contributed by atoms with E-state index in [2.05, 4.69) is 5.32 Å². The quantitative estimate of drug-likeness (QED) is 0.870. The van der Waals surface area contributed by atoms with Gasteiger partial charge in [-0.15, -0.1) is 0 Å². The Labute approximate surface area is 115 Å². The zero-order valence-corrected chi connectivity index (χ0v) is 13.0. The van der Waals surface area contributed by atoms with Crippen molar-refractivity contribution in [3.8, 4) is 5.75 Å². The Hall–Kier alpha value is -1.07. The van der Waals surface area contributed by atoms with Crippen molar-refractivity contribution in [2.75, 3.05) is 12.8 Å². The molecule has 0 aliphatic rings. The number of benzene rings is 1. The van der Waals surface area contributed by atoms with Crippen molar-refractivity contribution in [3.05, 3.63) is 29.3 Å². The van der Waals surface area contributed by atoms with Gasteiger partial charge in [-0.2, -0.15) is 0 Å². The van der Waals surface area contributed by atoms with E-state index in [1.165, 1.54) is 6.26 Å². The molecule has 0 saturated carbocycles. The molecule has 4 nitrogen and oxygen atoms in total. The minimum atomic E-state index is -3.12. The molecule has 0 spiro atoms. The van der Waals surface area contributed by atoms with E-state index >= 15 is 0 Å². The fraction of sp³-hybridized carbons (Fsp3) is 0.571. The maximum atomic E-state index is 11.6. The number of aryl methyl sites for hydroxylation is 1. The lowest BCUT2D eigenvalue weighted by Crippen LogP contribution is -2.42. The third kappa shape index (κ3) is 3.94. The second-order valence-corrected chi connectivity index (χ2v) is 8.35. The van der Waals surface area contributed by atoms with Crippen LogP contribution in [0.25, 0.3) is 0 Å². The van der Waals surface area contributed by atoms with Crippen LogP contribution in [0.4, 0.5) is 0 Å². The molecule has 0 saturated heterocycles. The highest BCUT2D eigenvalue weighted by atomic mass is 32.2. The number of hydrogen-bond acceptors (Lipinski definition) is 4. The maximum Gasteiger partial charge on any atom is 0.153 e. The number of sulfone groups is 1. The van der Waals surface area contributed by atoms with E-state index in [9.17, 15) is 13.5 Å². The lowest BCUT2D eigenvalue weighted by molar-refractivity contribution is 0.443. The Morgan fingerprint density at radius 1 is 1.37 bits per heavy atom. The second-order valence-electron chi connectivity index (χ2n) is 5.70. The van der Waals surface area contributed by atoms with Gasteiger partial charge < -0.3 is 10.4 Å². The number of rotatable bonds is 5. The standard InChI is InChI=1S/C14H23NO3S/c1-10-6-7-12(13(16)8-10)11(2)15-9-14(3,4)19(5,17)18/h6-8,11,15-16H,9H2,1-5H3. The average Bonchev–Trinajstić information content (AvgIpc) is 2.24. The molecule has 0 aromatic heterocycles. The van der Waals surface area contributed by atoms with E-state index in [1.807, 2.05) is 26.0 Å². The molecule has 5 heteroatoms. The van der Waals surface area contributed by atoms with Crippen LogP contribution in [0, 0.1) is 6.92 Å². The van der Waals surface area contributed by atoms with Gasteiger partial charge in [-0.25, -0.2) is 8.42 Å². The van der Waals surface area contributed by atoms with E-state index in [4.69, 9.17) is 0 Å². The summed E-state index contributed by atoms with van der Waals surface area (Å²) in [6.07, 6.45) is 1.24. The molecule has 1 aromatic carbocycles. The summed E-state index contributed by atoms with van der Waals surface area (Å²) >= 11 is 0. The Kier molecular flexibility index (Phi) is 4.63. The predicted molar refractivity (Wildman–Crippen MR) is 78.2 cm³/mol. The van der Waals surface area contributed by atoms with Gasteiger partial charge in [-0.1, -0.05) is 12.1 Å². The van der Waals surface area contributed by atoms with Crippen molar-refractivity contribution in [3.63, 3.8) is 0 Å². The van der Waals surface area contributed by atoms with Crippen LogP contribution in [-0.2, 0) is 9.84 Å². The smallest absolute Gasteiger partial charge is 0.153 e. The maximum absolute atomic E-state index is 11.6. The molecule has 2 N–H and O–H groups in total. The van der Waals surface area contributed by atoms with Crippen molar-refractivity contribution in [1.29, 1.82) is 0 Å². The Morgan fingerprint density at radius 3 is 2.42 bits per heavy atom. The zero-order valence-electron chi connectivity index (χ0n) is 12.2. The SMILES string of the molecule is Cc1ccc(C(C)NCC(C)(C)S(C)(=O)=O)c(O)c1. The first-order valence-corrected chi connectivity index (χ1v) is 8.16. The van der Waals surface area contributed by atoms with Crippen molar-refractivity contribution in [2.24, 2.45) is 0 Å². The van der Waals surface area contributed by atoms with Crippen LogP contribution < -0.4 is 5.32 Å². The molecule has 1 aromatic rings. The first-order chi connectivity index (χ1) is 8.54. The first kappa shape index (κ1) is 16.0. The summed E-state index contributed by atoms with van der Waals surface area (Å²) in [7, 11) is -3.12. The molecule has 0 aliphatic heterocycles. The number of aromatic hydroxyl groups is 1. The molecular weight excluding hydrogens is 262 g/mol. The number of hydrogen-bond donors (Lipinski definition) is 2. The molecule has 1 rings (SSSR count). The molecule has 0 aliphatic carbocycles. The highest BCUT2D eigenvalue weighted by Gasteiger charge is 2.30. The van der Waals surface area contributed by atoms with Gasteiger partial charge in [0.05, 0.1) is 4.75 Å². The molecule has 1 atom stereocenters. The molecule has 0 bridgehead atoms. The van der Waals surface area contributed by atoms with E-state index in [-0.39, 0.29) is 11.8 Å². The number of nitrogens with one attached hydrogen (secondary N) is 1. The monoisotopic (exact) mass is 285 g/mol. The summed E-state index contributed by atoms with van der Waals surface area (Å²) < 4.78 is 22.4. The third-order valence-electron chi connectivity index (χ3n) is 3.49. The predicted octanol–water partition coefficient (Wildman–Crippen LogP) is 2.17. The van der Waals surface area contributed by atoms with Crippen LogP contribution in [0.1, 0.15) is 37.9 Å². The summed E-state index contributed by atoms with van der Waals surface area (Å²) in [4.78, 5) is 0. The summed E-state index contributed by atoms with van der Waals surface area (Å²) in [5.41, 5.74) is 1.76. The molecule has 0 radical (unpaired) electrons. The highest BCUT2D eigenvalue weighted by molar-refractivity contribution is 7.92. The summed E-state index contributed by atoms with van der Waals surface area (Å²) in [5.74, 6) is 0.233. The van der Waals surface area contributed by atoms with Crippen LogP contribution in [-0.4, -0.2) is 31.1 Å². The molecule has 1 unspecified atom stereocenters. The molecule has 0 heterocycles. The largest absolute Gasteiger partial charge is 0.508 e. The lowest BCUT2D eigenvalue weighted by Gasteiger charge is -2.26. The second kappa shape index (κ2) is 5.51. The van der Waals surface area contributed by atoms with Gasteiger partial charge in [0, 0.05) is 24.4 Å². The zero-order chi connectivity index (χ0) is 14.8. The normalized spacial score (nSPS) is 14.4. The van der Waals surface area contributed by atoms with Gasteiger partial charge >= 0.3 is 0 Å². The average molecular weight is 285 g/mol. The molecule has 19 heavy (non-hydrogen) atoms. The van der Waals surface area contributed by atoms with Crippen molar-refractivity contribution in [1.82, 2.24) is 5.32 Å². The number of phenolic OH excluding ortho intramolecular Hbond substituents is 1. The molecule has 0 fully saturated rings. The summed E-state index contributed by atoms with van der Waals surface area (Å²) in [6.45, 7) is 7.53. The first-order valence-electron chi connectivity index (χ1n) is 6.27. The van der Waals surface area contributed by atoms with Crippen molar-refractivity contribution >= 4 is 9.84 Å². The third-order valence-corrected chi connectivity index (χ3v) is 5.64. The highest BCUT2D eigenvalue weighted by Crippen LogP contribution is 2.25. The Morgan fingerprint density at radius 2 is 1.95 bits per heavy atom. The Balaban J connectivity index is 2.79.